The number of halogens is 1. The van der Waals surface area contributed by atoms with Crippen molar-refractivity contribution in [2.75, 3.05) is 7.05 Å². The van der Waals surface area contributed by atoms with Gasteiger partial charge in [0.1, 0.15) is 0 Å². The number of hydrogen-bond donors (Lipinski definition) is 0. The van der Waals surface area contributed by atoms with E-state index in [4.69, 9.17) is 16.3 Å². The van der Waals surface area contributed by atoms with E-state index in [1.807, 2.05) is 51.1 Å². The minimum atomic E-state index is -0.217. The molecular weight excluding hydrogens is 330 g/mol. The third-order valence-electron chi connectivity index (χ3n) is 3.31. The Balaban J connectivity index is 2.40. The molecule has 0 radical (unpaired) electrons. The SMILES string of the molecule is CN=C(C)c1cc(CC(=O)OC(C)C)c(-c2ccc(Cl)cc2)s1. The van der Waals surface area contributed by atoms with Crippen LogP contribution in [0, 0.1) is 0 Å². The molecular formula is C18H20ClNO2S. The van der Waals surface area contributed by atoms with E-state index in [-0.39, 0.29) is 18.5 Å². The van der Waals surface area contributed by atoms with E-state index in [0.717, 1.165) is 26.6 Å². The van der Waals surface area contributed by atoms with Crippen LogP contribution in [-0.4, -0.2) is 24.8 Å². The van der Waals surface area contributed by atoms with Crippen LogP contribution < -0.4 is 0 Å². The molecule has 5 heteroatoms. The predicted molar refractivity (Wildman–Crippen MR) is 97.8 cm³/mol. The van der Waals surface area contributed by atoms with E-state index in [1.165, 1.54) is 0 Å². The molecule has 1 aromatic carbocycles. The van der Waals surface area contributed by atoms with Gasteiger partial charge >= 0.3 is 5.97 Å². The number of nitrogens with zero attached hydrogens (tertiary/aromatic N) is 1. The normalized spacial score (nSPS) is 11.8. The zero-order valence-corrected chi connectivity index (χ0v) is 15.3. The lowest BCUT2D eigenvalue weighted by molar-refractivity contribution is -0.146. The van der Waals surface area contributed by atoms with Gasteiger partial charge in [0, 0.05) is 27.5 Å². The number of carbonyl (C=O) groups excluding carboxylic acids is 1. The van der Waals surface area contributed by atoms with Crippen LogP contribution in [0.2, 0.25) is 5.02 Å². The van der Waals surface area contributed by atoms with E-state index < -0.39 is 0 Å². The first-order chi connectivity index (χ1) is 10.9. The fourth-order valence-electron chi connectivity index (χ4n) is 2.15. The fraction of sp³-hybridized carbons (Fsp3) is 0.333. The van der Waals surface area contributed by atoms with Crippen molar-refractivity contribution in [2.45, 2.75) is 33.3 Å². The number of thiophene rings is 1. The molecule has 2 aromatic rings. The number of rotatable bonds is 5. The van der Waals surface area contributed by atoms with Crippen LogP contribution in [0.4, 0.5) is 0 Å². The first-order valence-corrected chi connectivity index (χ1v) is 8.62. The Labute approximate surface area is 146 Å². The van der Waals surface area contributed by atoms with Crippen LogP contribution in [0.15, 0.2) is 35.3 Å². The Kier molecular flexibility index (Phi) is 5.97. The van der Waals surface area contributed by atoms with Gasteiger partial charge in [-0.15, -0.1) is 11.3 Å². The lowest BCUT2D eigenvalue weighted by atomic mass is 10.1. The highest BCUT2D eigenvalue weighted by Crippen LogP contribution is 2.34. The van der Waals surface area contributed by atoms with Crippen molar-refractivity contribution in [2.24, 2.45) is 4.99 Å². The zero-order chi connectivity index (χ0) is 17.0. The maximum absolute atomic E-state index is 12.0. The average Bonchev–Trinajstić information content (AvgIpc) is 2.90. The van der Waals surface area contributed by atoms with E-state index in [2.05, 4.69) is 4.99 Å². The number of esters is 1. The first-order valence-electron chi connectivity index (χ1n) is 7.42. The van der Waals surface area contributed by atoms with Crippen LogP contribution in [0.3, 0.4) is 0 Å². The monoisotopic (exact) mass is 349 g/mol. The number of carbonyl (C=O) groups is 1. The molecule has 23 heavy (non-hydrogen) atoms. The Morgan fingerprint density at radius 3 is 2.52 bits per heavy atom. The molecule has 0 amide bonds. The molecule has 0 aliphatic carbocycles. The summed E-state index contributed by atoms with van der Waals surface area (Å²) in [5.74, 6) is -0.217. The highest BCUT2D eigenvalue weighted by molar-refractivity contribution is 7.17. The van der Waals surface area contributed by atoms with Crippen LogP contribution in [0.25, 0.3) is 10.4 Å². The second-order valence-electron chi connectivity index (χ2n) is 5.50. The summed E-state index contributed by atoms with van der Waals surface area (Å²) < 4.78 is 5.27. The Morgan fingerprint density at radius 2 is 1.96 bits per heavy atom. The number of aliphatic imine (C=N–C) groups is 1. The highest BCUT2D eigenvalue weighted by atomic mass is 35.5. The Bertz CT molecular complexity index is 717. The van der Waals surface area contributed by atoms with E-state index in [0.29, 0.717) is 5.02 Å². The second-order valence-corrected chi connectivity index (χ2v) is 6.98. The minimum Gasteiger partial charge on any atom is -0.463 e. The summed E-state index contributed by atoms with van der Waals surface area (Å²) in [5.41, 5.74) is 2.96. The van der Waals surface area contributed by atoms with Gasteiger partial charge in [-0.05, 0) is 50.1 Å². The smallest absolute Gasteiger partial charge is 0.310 e. The summed E-state index contributed by atoms with van der Waals surface area (Å²) in [6.07, 6.45) is 0.141. The fourth-order valence-corrected chi connectivity index (χ4v) is 3.46. The Morgan fingerprint density at radius 1 is 1.30 bits per heavy atom. The summed E-state index contributed by atoms with van der Waals surface area (Å²) in [6.45, 7) is 5.67. The minimum absolute atomic E-state index is 0.112. The van der Waals surface area contributed by atoms with E-state index in [9.17, 15) is 4.79 Å². The molecule has 0 saturated carbocycles. The van der Waals surface area contributed by atoms with Crippen LogP contribution >= 0.6 is 22.9 Å². The van der Waals surface area contributed by atoms with Crippen molar-refractivity contribution in [1.82, 2.24) is 0 Å². The van der Waals surface area contributed by atoms with Gasteiger partial charge in [-0.1, -0.05) is 23.7 Å². The number of ether oxygens (including phenoxy) is 1. The molecule has 0 bridgehead atoms. The summed E-state index contributed by atoms with van der Waals surface area (Å²) in [7, 11) is 1.77. The third-order valence-corrected chi connectivity index (χ3v) is 4.90. The zero-order valence-electron chi connectivity index (χ0n) is 13.7. The van der Waals surface area contributed by atoms with Gasteiger partial charge in [-0.25, -0.2) is 0 Å². The van der Waals surface area contributed by atoms with Gasteiger partial charge in [0.15, 0.2) is 0 Å². The maximum Gasteiger partial charge on any atom is 0.310 e. The predicted octanol–water partition coefficient (Wildman–Crippen LogP) is 5.00. The van der Waals surface area contributed by atoms with E-state index >= 15 is 0 Å². The lowest BCUT2D eigenvalue weighted by Crippen LogP contribution is -2.13. The van der Waals surface area contributed by atoms with Gasteiger partial charge in [-0.2, -0.15) is 0 Å². The average molecular weight is 350 g/mol. The molecule has 0 aliphatic heterocycles. The van der Waals surface area contributed by atoms with Crippen molar-refractivity contribution >= 4 is 34.6 Å². The largest absolute Gasteiger partial charge is 0.463 e. The molecule has 1 aromatic heterocycles. The molecule has 3 nitrogen and oxygen atoms in total. The molecule has 1 heterocycles. The van der Waals surface area contributed by atoms with Crippen LogP contribution in [0.5, 0.6) is 0 Å². The van der Waals surface area contributed by atoms with Crippen molar-refractivity contribution in [3.05, 3.63) is 45.8 Å². The summed E-state index contributed by atoms with van der Waals surface area (Å²) in [6, 6.07) is 9.67. The van der Waals surface area contributed by atoms with Gasteiger partial charge in [0.2, 0.25) is 0 Å². The molecule has 2 rings (SSSR count). The van der Waals surface area contributed by atoms with Gasteiger partial charge in [-0.3, -0.25) is 9.79 Å². The van der Waals surface area contributed by atoms with Crippen LogP contribution in [0.1, 0.15) is 31.2 Å². The van der Waals surface area contributed by atoms with Crippen molar-refractivity contribution in [1.29, 1.82) is 0 Å². The van der Waals surface area contributed by atoms with Gasteiger partial charge < -0.3 is 4.74 Å². The quantitative estimate of drug-likeness (QED) is 0.562. The third kappa shape index (κ3) is 4.66. The lowest BCUT2D eigenvalue weighted by Gasteiger charge is -2.08. The molecule has 122 valence electrons. The van der Waals surface area contributed by atoms with Crippen molar-refractivity contribution in [3.63, 3.8) is 0 Å². The van der Waals surface area contributed by atoms with E-state index in [1.54, 1.807) is 18.4 Å². The topological polar surface area (TPSA) is 38.7 Å². The molecule has 0 atom stereocenters. The van der Waals surface area contributed by atoms with Crippen molar-refractivity contribution in [3.8, 4) is 10.4 Å². The first kappa shape index (κ1) is 17.7. The number of benzene rings is 1. The molecule has 0 unspecified atom stereocenters. The summed E-state index contributed by atoms with van der Waals surface area (Å²) in [5, 5.41) is 0.692. The highest BCUT2D eigenvalue weighted by Gasteiger charge is 2.17. The van der Waals surface area contributed by atoms with Gasteiger partial charge in [0.25, 0.3) is 0 Å². The maximum atomic E-state index is 12.0. The number of hydrogen-bond acceptors (Lipinski definition) is 4. The summed E-state index contributed by atoms with van der Waals surface area (Å²) in [4.78, 5) is 18.4. The molecule has 0 saturated heterocycles. The molecule has 0 spiro atoms. The van der Waals surface area contributed by atoms with Crippen LogP contribution in [-0.2, 0) is 16.0 Å². The van der Waals surface area contributed by atoms with Crippen molar-refractivity contribution < 1.29 is 9.53 Å². The summed E-state index contributed by atoms with van der Waals surface area (Å²) >= 11 is 7.60. The molecule has 0 N–H and O–H groups in total. The second kappa shape index (κ2) is 7.75. The standard InChI is InChI=1S/C18H20ClNO2S/c1-11(2)22-17(21)10-14-9-16(12(3)20-4)23-18(14)13-5-7-15(19)8-6-13/h5-9,11H,10H2,1-4H3. The van der Waals surface area contributed by atoms with Gasteiger partial charge in [0.05, 0.1) is 12.5 Å². The Hall–Kier alpha value is -1.65. The molecule has 0 fully saturated rings. The molecule has 0 aliphatic rings.